The number of carboxylic acid groups (broad SMARTS) is 1. The van der Waals surface area contributed by atoms with Gasteiger partial charge < -0.3 is 14.3 Å². The normalized spacial score (nSPS) is 10.9. The number of fused-ring (bicyclic) bond motifs is 1. The maximum Gasteiger partial charge on any atom is 0.335 e. The Kier molecular flexibility index (Phi) is 4.57. The number of hydrogen-bond acceptors (Lipinski definition) is 3. The summed E-state index contributed by atoms with van der Waals surface area (Å²) < 4.78 is 24.9. The molecule has 0 radical (unpaired) electrons. The summed E-state index contributed by atoms with van der Waals surface area (Å²) in [6.07, 6.45) is 0.435. The molecule has 0 aliphatic carbocycles. The van der Waals surface area contributed by atoms with Crippen molar-refractivity contribution in [3.8, 4) is 16.9 Å². The van der Waals surface area contributed by atoms with E-state index in [1.807, 2.05) is 30.3 Å². The molecule has 4 nitrogen and oxygen atoms in total. The van der Waals surface area contributed by atoms with Gasteiger partial charge in [-0.1, -0.05) is 36.4 Å². The number of furan rings is 1. The lowest BCUT2D eigenvalue weighted by molar-refractivity contribution is 0.0697. The number of methoxy groups -OCH3 is 1. The van der Waals surface area contributed by atoms with Crippen LogP contribution in [0.4, 0.5) is 4.39 Å². The highest BCUT2D eigenvalue weighted by molar-refractivity contribution is 5.95. The molecule has 0 aliphatic rings. The van der Waals surface area contributed by atoms with Crippen LogP contribution in [0, 0.1) is 5.82 Å². The van der Waals surface area contributed by atoms with Gasteiger partial charge in [-0.15, -0.1) is 0 Å². The largest absolute Gasteiger partial charge is 0.494 e. The lowest BCUT2D eigenvalue weighted by Crippen LogP contribution is -1.95. The maximum atomic E-state index is 13.9. The number of rotatable bonds is 5. The molecule has 0 amide bonds. The number of para-hydroxylation sites is 1. The highest BCUT2D eigenvalue weighted by Crippen LogP contribution is 2.32. The number of benzene rings is 3. The van der Waals surface area contributed by atoms with Crippen molar-refractivity contribution in [2.24, 2.45) is 0 Å². The molecule has 28 heavy (non-hydrogen) atoms. The first-order chi connectivity index (χ1) is 13.5. The topological polar surface area (TPSA) is 59.7 Å². The molecule has 4 aromatic rings. The second kappa shape index (κ2) is 7.19. The fraction of sp³-hybridized carbons (Fsp3) is 0.0870. The number of halogens is 1. The zero-order valence-corrected chi connectivity index (χ0v) is 15.1. The van der Waals surface area contributed by atoms with E-state index >= 15 is 0 Å². The molecule has 0 atom stereocenters. The van der Waals surface area contributed by atoms with Crippen molar-refractivity contribution in [1.82, 2.24) is 0 Å². The first-order valence-electron chi connectivity index (χ1n) is 8.73. The zero-order chi connectivity index (χ0) is 19.7. The van der Waals surface area contributed by atoms with Gasteiger partial charge in [-0.3, -0.25) is 0 Å². The number of carboxylic acids is 1. The molecule has 0 spiro atoms. The fourth-order valence-electron chi connectivity index (χ4n) is 3.27. The summed E-state index contributed by atoms with van der Waals surface area (Å²) >= 11 is 0. The molecular weight excluding hydrogens is 359 g/mol. The number of ether oxygens (including phenoxy) is 1. The van der Waals surface area contributed by atoms with E-state index in [0.717, 1.165) is 22.1 Å². The fourth-order valence-corrected chi connectivity index (χ4v) is 3.27. The van der Waals surface area contributed by atoms with Crippen LogP contribution in [0.15, 0.2) is 71.1 Å². The lowest BCUT2D eigenvalue weighted by atomic mass is 10.0. The summed E-state index contributed by atoms with van der Waals surface area (Å²) in [6, 6.07) is 19.2. The van der Waals surface area contributed by atoms with Crippen LogP contribution < -0.4 is 4.74 Å². The number of carbonyl (C=O) groups is 1. The van der Waals surface area contributed by atoms with E-state index in [1.54, 1.807) is 30.3 Å². The van der Waals surface area contributed by atoms with Gasteiger partial charge in [0, 0.05) is 17.4 Å². The molecule has 0 fully saturated rings. The Hall–Kier alpha value is -3.60. The summed E-state index contributed by atoms with van der Waals surface area (Å²) in [6.45, 7) is 0. The van der Waals surface area contributed by atoms with Crippen molar-refractivity contribution in [3.63, 3.8) is 0 Å². The minimum atomic E-state index is -0.976. The summed E-state index contributed by atoms with van der Waals surface area (Å²) in [7, 11) is 1.43. The molecule has 0 saturated carbocycles. The Morgan fingerprint density at radius 2 is 1.89 bits per heavy atom. The van der Waals surface area contributed by atoms with E-state index in [1.165, 1.54) is 13.2 Å². The van der Waals surface area contributed by atoms with Crippen molar-refractivity contribution in [2.75, 3.05) is 7.11 Å². The molecule has 0 aliphatic heterocycles. The minimum Gasteiger partial charge on any atom is -0.494 e. The van der Waals surface area contributed by atoms with E-state index < -0.39 is 11.8 Å². The van der Waals surface area contributed by atoms with Gasteiger partial charge in [0.05, 0.1) is 12.7 Å². The summed E-state index contributed by atoms with van der Waals surface area (Å²) in [5, 5.41) is 10.1. The van der Waals surface area contributed by atoms with E-state index in [2.05, 4.69) is 0 Å². The van der Waals surface area contributed by atoms with Crippen molar-refractivity contribution in [1.29, 1.82) is 0 Å². The molecule has 0 bridgehead atoms. The Bertz CT molecular complexity index is 1180. The lowest BCUT2D eigenvalue weighted by Gasteiger charge is -2.05. The molecule has 3 aromatic carbocycles. The Labute approximate surface area is 160 Å². The first-order valence-corrected chi connectivity index (χ1v) is 8.73. The Balaban J connectivity index is 1.72. The van der Waals surface area contributed by atoms with Gasteiger partial charge in [-0.05, 0) is 41.5 Å². The second-order valence-electron chi connectivity index (χ2n) is 6.47. The van der Waals surface area contributed by atoms with Crippen LogP contribution in [0.25, 0.3) is 22.1 Å². The summed E-state index contributed by atoms with van der Waals surface area (Å²) in [5.74, 6) is -0.492. The molecule has 1 aromatic heterocycles. The second-order valence-corrected chi connectivity index (χ2v) is 6.47. The summed E-state index contributed by atoms with van der Waals surface area (Å²) in [4.78, 5) is 11.3. The monoisotopic (exact) mass is 376 g/mol. The molecule has 5 heteroatoms. The van der Waals surface area contributed by atoms with Gasteiger partial charge in [-0.25, -0.2) is 9.18 Å². The standard InChI is InChI=1S/C23H17FO4/c1-27-21-9-8-14(11-20(21)24)10-18-13-16-5-3-7-19(22(16)28-18)15-4-2-6-17(12-15)23(25)26/h2-9,11-13H,10H2,1H3,(H,25,26). The molecule has 1 heterocycles. The van der Waals surface area contributed by atoms with Crippen LogP contribution in [-0.2, 0) is 6.42 Å². The van der Waals surface area contributed by atoms with E-state index in [0.29, 0.717) is 17.8 Å². The van der Waals surface area contributed by atoms with E-state index in [-0.39, 0.29) is 11.3 Å². The molecule has 0 unspecified atom stereocenters. The smallest absolute Gasteiger partial charge is 0.335 e. The molecule has 4 rings (SSSR count). The molecular formula is C23H17FO4. The average Bonchev–Trinajstić information content (AvgIpc) is 3.10. The maximum absolute atomic E-state index is 13.9. The van der Waals surface area contributed by atoms with Crippen LogP contribution in [0.1, 0.15) is 21.7 Å². The first kappa shape index (κ1) is 17.8. The van der Waals surface area contributed by atoms with E-state index in [9.17, 15) is 14.3 Å². The quantitative estimate of drug-likeness (QED) is 0.497. The Morgan fingerprint density at radius 1 is 1.07 bits per heavy atom. The average molecular weight is 376 g/mol. The van der Waals surface area contributed by atoms with Crippen LogP contribution in [-0.4, -0.2) is 18.2 Å². The van der Waals surface area contributed by atoms with Gasteiger partial charge in [0.1, 0.15) is 11.3 Å². The third-order valence-corrected chi connectivity index (χ3v) is 4.61. The van der Waals surface area contributed by atoms with Crippen molar-refractivity contribution >= 4 is 16.9 Å². The van der Waals surface area contributed by atoms with E-state index in [4.69, 9.17) is 9.15 Å². The van der Waals surface area contributed by atoms with Gasteiger partial charge in [0.25, 0.3) is 0 Å². The van der Waals surface area contributed by atoms with Gasteiger partial charge in [0.2, 0.25) is 0 Å². The van der Waals surface area contributed by atoms with Gasteiger partial charge >= 0.3 is 5.97 Å². The van der Waals surface area contributed by atoms with Crippen LogP contribution in [0.5, 0.6) is 5.75 Å². The van der Waals surface area contributed by atoms with Crippen molar-refractivity contribution in [3.05, 3.63) is 89.4 Å². The van der Waals surface area contributed by atoms with Crippen LogP contribution in [0.3, 0.4) is 0 Å². The molecule has 140 valence electrons. The molecule has 0 saturated heterocycles. The van der Waals surface area contributed by atoms with Gasteiger partial charge in [0.15, 0.2) is 11.6 Å². The van der Waals surface area contributed by atoms with Crippen LogP contribution in [0.2, 0.25) is 0 Å². The SMILES string of the molecule is COc1ccc(Cc2cc3cccc(-c4cccc(C(=O)O)c4)c3o2)cc1F. The van der Waals surface area contributed by atoms with Crippen LogP contribution >= 0.6 is 0 Å². The highest BCUT2D eigenvalue weighted by atomic mass is 19.1. The number of aromatic carboxylic acids is 1. The minimum absolute atomic E-state index is 0.203. The highest BCUT2D eigenvalue weighted by Gasteiger charge is 2.13. The van der Waals surface area contributed by atoms with Crippen molar-refractivity contribution in [2.45, 2.75) is 6.42 Å². The van der Waals surface area contributed by atoms with Crippen molar-refractivity contribution < 1.29 is 23.4 Å². The predicted octanol–water partition coefficient (Wildman–Crippen LogP) is 5.54. The van der Waals surface area contributed by atoms with Gasteiger partial charge in [-0.2, -0.15) is 0 Å². The zero-order valence-electron chi connectivity index (χ0n) is 15.1. The summed E-state index contributed by atoms with van der Waals surface area (Å²) in [5.41, 5.74) is 3.24. The third kappa shape index (κ3) is 3.34. The molecule has 1 N–H and O–H groups in total. The number of hydrogen-bond donors (Lipinski definition) is 1. The third-order valence-electron chi connectivity index (χ3n) is 4.61. The predicted molar refractivity (Wildman–Crippen MR) is 104 cm³/mol. The Morgan fingerprint density at radius 3 is 2.64 bits per heavy atom.